The minimum absolute atomic E-state index is 0.288. The van der Waals surface area contributed by atoms with Gasteiger partial charge in [0.15, 0.2) is 0 Å². The van der Waals surface area contributed by atoms with Gasteiger partial charge in [-0.1, -0.05) is 13.8 Å². The van der Waals surface area contributed by atoms with E-state index < -0.39 is 6.16 Å². The molecular weight excluding hydrogens is 156 g/mol. The van der Waals surface area contributed by atoms with Crippen LogP contribution in [0.4, 0.5) is 4.79 Å². The summed E-state index contributed by atoms with van der Waals surface area (Å²) in [7, 11) is 0. The summed E-state index contributed by atoms with van der Waals surface area (Å²) in [4.78, 5) is 10.4. The van der Waals surface area contributed by atoms with Crippen molar-refractivity contribution in [2.75, 3.05) is 0 Å². The minimum Gasteiger partial charge on any atom is -0.450 e. The van der Waals surface area contributed by atoms with Crippen molar-refractivity contribution >= 4 is 6.16 Å². The van der Waals surface area contributed by atoms with Crippen LogP contribution in [0.2, 0.25) is 0 Å². The predicted molar refractivity (Wildman–Crippen MR) is 45.1 cm³/mol. The van der Waals surface area contributed by atoms with E-state index in [-0.39, 0.29) is 11.5 Å². The van der Waals surface area contributed by atoms with Gasteiger partial charge in [-0.3, -0.25) is 0 Å². The molecule has 0 saturated heterocycles. The van der Waals surface area contributed by atoms with Crippen molar-refractivity contribution in [2.24, 2.45) is 5.92 Å². The maximum Gasteiger partial charge on any atom is 0.506 e. The largest absolute Gasteiger partial charge is 0.506 e. The smallest absolute Gasteiger partial charge is 0.450 e. The molecule has 0 heterocycles. The molecule has 0 unspecified atom stereocenters. The van der Waals surface area contributed by atoms with Crippen molar-refractivity contribution in [1.82, 2.24) is 0 Å². The third kappa shape index (κ3) is 1.71. The van der Waals surface area contributed by atoms with Gasteiger partial charge in [0.25, 0.3) is 0 Å². The second kappa shape index (κ2) is 3.33. The average Bonchev–Trinajstić information content (AvgIpc) is 2.35. The van der Waals surface area contributed by atoms with Crippen LogP contribution in [0.5, 0.6) is 0 Å². The van der Waals surface area contributed by atoms with E-state index in [9.17, 15) is 4.79 Å². The summed E-state index contributed by atoms with van der Waals surface area (Å²) in [6.45, 7) is 4.04. The highest BCUT2D eigenvalue weighted by Crippen LogP contribution is 2.39. The van der Waals surface area contributed by atoms with E-state index in [0.717, 1.165) is 25.7 Å². The average molecular weight is 172 g/mol. The van der Waals surface area contributed by atoms with Crippen molar-refractivity contribution in [3.63, 3.8) is 0 Å². The van der Waals surface area contributed by atoms with Crippen LogP contribution in [-0.2, 0) is 4.74 Å². The summed E-state index contributed by atoms with van der Waals surface area (Å²) in [6, 6.07) is 0. The Morgan fingerprint density at radius 3 is 2.25 bits per heavy atom. The Labute approximate surface area is 72.7 Å². The van der Waals surface area contributed by atoms with E-state index in [0.29, 0.717) is 0 Å². The summed E-state index contributed by atoms with van der Waals surface area (Å²) in [5, 5.41) is 8.57. The first-order chi connectivity index (χ1) is 5.57. The van der Waals surface area contributed by atoms with E-state index in [2.05, 4.69) is 0 Å². The van der Waals surface area contributed by atoms with Gasteiger partial charge in [-0.05, 0) is 31.6 Å². The van der Waals surface area contributed by atoms with Crippen molar-refractivity contribution in [2.45, 2.75) is 45.1 Å². The molecule has 1 saturated carbocycles. The highest BCUT2D eigenvalue weighted by Gasteiger charge is 2.40. The Morgan fingerprint density at radius 1 is 1.42 bits per heavy atom. The van der Waals surface area contributed by atoms with Gasteiger partial charge < -0.3 is 9.84 Å². The molecule has 0 bridgehead atoms. The normalized spacial score (nSPS) is 21.2. The lowest BCUT2D eigenvalue weighted by Crippen LogP contribution is -2.36. The molecule has 0 aromatic carbocycles. The van der Waals surface area contributed by atoms with Gasteiger partial charge in [-0.15, -0.1) is 0 Å². The fourth-order valence-corrected chi connectivity index (χ4v) is 1.94. The molecule has 0 atom stereocenters. The van der Waals surface area contributed by atoms with Gasteiger partial charge in [0.1, 0.15) is 5.60 Å². The molecule has 0 aromatic heterocycles. The standard InChI is InChI=1S/C9H16O3/c1-7(2)9(12-8(10)11)5-3-4-6-9/h7H,3-6H2,1-2H3,(H,10,11). The van der Waals surface area contributed by atoms with Gasteiger partial charge >= 0.3 is 6.16 Å². The fraction of sp³-hybridized carbons (Fsp3) is 0.889. The summed E-state index contributed by atoms with van der Waals surface area (Å²) < 4.78 is 4.98. The van der Waals surface area contributed by atoms with Gasteiger partial charge in [-0.2, -0.15) is 0 Å². The van der Waals surface area contributed by atoms with Crippen molar-refractivity contribution < 1.29 is 14.6 Å². The van der Waals surface area contributed by atoms with E-state index in [1.165, 1.54) is 0 Å². The summed E-state index contributed by atoms with van der Waals surface area (Å²) >= 11 is 0. The Bertz CT molecular complexity index is 169. The molecule has 1 N–H and O–H groups in total. The van der Waals surface area contributed by atoms with Crippen LogP contribution < -0.4 is 0 Å². The maximum absolute atomic E-state index is 10.4. The SMILES string of the molecule is CC(C)C1(OC(=O)O)CCCC1. The quantitative estimate of drug-likeness (QED) is 0.651. The maximum atomic E-state index is 10.4. The van der Waals surface area contributed by atoms with Crippen LogP contribution >= 0.6 is 0 Å². The Balaban J connectivity index is 2.65. The summed E-state index contributed by atoms with van der Waals surface area (Å²) in [5.41, 5.74) is -0.383. The first-order valence-corrected chi connectivity index (χ1v) is 4.49. The molecule has 0 amide bonds. The number of hydrogen-bond donors (Lipinski definition) is 1. The molecule has 12 heavy (non-hydrogen) atoms. The third-order valence-corrected chi connectivity index (χ3v) is 2.79. The number of ether oxygens (including phenoxy) is 1. The van der Waals surface area contributed by atoms with Crippen LogP contribution in [0.3, 0.4) is 0 Å². The highest BCUT2D eigenvalue weighted by molar-refractivity contribution is 5.57. The van der Waals surface area contributed by atoms with Crippen LogP contribution in [0, 0.1) is 5.92 Å². The van der Waals surface area contributed by atoms with E-state index in [1.54, 1.807) is 0 Å². The molecule has 1 fully saturated rings. The lowest BCUT2D eigenvalue weighted by molar-refractivity contribution is -0.0438. The molecule has 0 radical (unpaired) electrons. The lowest BCUT2D eigenvalue weighted by atomic mass is 9.88. The molecular formula is C9H16O3. The molecule has 0 aliphatic heterocycles. The fourth-order valence-electron chi connectivity index (χ4n) is 1.94. The zero-order valence-corrected chi connectivity index (χ0v) is 7.67. The first-order valence-electron chi connectivity index (χ1n) is 4.49. The number of carboxylic acid groups (broad SMARTS) is 1. The van der Waals surface area contributed by atoms with Crippen molar-refractivity contribution in [3.8, 4) is 0 Å². The van der Waals surface area contributed by atoms with E-state index in [4.69, 9.17) is 9.84 Å². The monoisotopic (exact) mass is 172 g/mol. The van der Waals surface area contributed by atoms with E-state index in [1.807, 2.05) is 13.8 Å². The number of hydrogen-bond acceptors (Lipinski definition) is 2. The van der Waals surface area contributed by atoms with Crippen LogP contribution in [-0.4, -0.2) is 16.9 Å². The zero-order valence-electron chi connectivity index (χ0n) is 7.67. The van der Waals surface area contributed by atoms with Gasteiger partial charge in [0.05, 0.1) is 0 Å². The number of carbonyl (C=O) groups is 1. The minimum atomic E-state index is -1.13. The topological polar surface area (TPSA) is 46.5 Å². The molecule has 1 rings (SSSR count). The number of rotatable bonds is 2. The van der Waals surface area contributed by atoms with Gasteiger partial charge in [0.2, 0.25) is 0 Å². The first kappa shape index (κ1) is 9.36. The Hall–Kier alpha value is -0.730. The lowest BCUT2D eigenvalue weighted by Gasteiger charge is -2.31. The molecule has 1 aliphatic rings. The van der Waals surface area contributed by atoms with Crippen LogP contribution in [0.25, 0.3) is 0 Å². The zero-order chi connectivity index (χ0) is 9.19. The molecule has 3 nitrogen and oxygen atoms in total. The van der Waals surface area contributed by atoms with Crippen LogP contribution in [0.1, 0.15) is 39.5 Å². The van der Waals surface area contributed by atoms with Gasteiger partial charge in [0, 0.05) is 0 Å². The van der Waals surface area contributed by atoms with E-state index >= 15 is 0 Å². The van der Waals surface area contributed by atoms with Gasteiger partial charge in [-0.25, -0.2) is 4.79 Å². The van der Waals surface area contributed by atoms with Crippen molar-refractivity contribution in [1.29, 1.82) is 0 Å². The summed E-state index contributed by atoms with van der Waals surface area (Å²) in [6.07, 6.45) is 2.82. The molecule has 70 valence electrons. The van der Waals surface area contributed by atoms with Crippen molar-refractivity contribution in [3.05, 3.63) is 0 Å². The Morgan fingerprint density at radius 2 is 1.92 bits per heavy atom. The van der Waals surface area contributed by atoms with Crippen LogP contribution in [0.15, 0.2) is 0 Å². The molecule has 3 heteroatoms. The third-order valence-electron chi connectivity index (χ3n) is 2.79. The Kier molecular flexibility index (Phi) is 2.60. The summed E-state index contributed by atoms with van der Waals surface area (Å²) in [5.74, 6) is 0.288. The molecule has 0 spiro atoms. The second-order valence-electron chi connectivity index (χ2n) is 3.79. The highest BCUT2D eigenvalue weighted by atomic mass is 16.7. The second-order valence-corrected chi connectivity index (χ2v) is 3.79. The molecule has 0 aromatic rings. The molecule has 1 aliphatic carbocycles. The predicted octanol–water partition coefficient (Wildman–Crippen LogP) is 2.65.